The zero-order valence-electron chi connectivity index (χ0n) is 13.9. The summed E-state index contributed by atoms with van der Waals surface area (Å²) in [4.78, 5) is 19.0. The minimum absolute atomic E-state index is 0.0209. The van der Waals surface area contributed by atoms with Crippen LogP contribution in [-0.2, 0) is 0 Å². The largest absolute Gasteiger partial charge is 0.425 e. The summed E-state index contributed by atoms with van der Waals surface area (Å²) in [6.45, 7) is 4.41. The molecular weight excluding hydrogens is 342 g/mol. The van der Waals surface area contributed by atoms with E-state index in [9.17, 15) is 4.79 Å². The fourth-order valence-corrected chi connectivity index (χ4v) is 3.91. The average molecular weight is 362 g/mol. The molecule has 3 aliphatic heterocycles. The average Bonchev–Trinajstić information content (AvgIpc) is 3.09. The van der Waals surface area contributed by atoms with E-state index in [1.807, 2.05) is 0 Å². The third-order valence-corrected chi connectivity index (χ3v) is 5.44. The van der Waals surface area contributed by atoms with Gasteiger partial charge in [-0.3, -0.25) is 9.69 Å². The maximum atomic E-state index is 12.5. The van der Waals surface area contributed by atoms with Gasteiger partial charge in [-0.15, -0.1) is 0 Å². The van der Waals surface area contributed by atoms with Gasteiger partial charge in [0.15, 0.2) is 0 Å². The molecule has 3 saturated heterocycles. The fraction of sp³-hybridized carbons (Fsp3) is 0.444. The van der Waals surface area contributed by atoms with Crippen molar-refractivity contribution in [3.63, 3.8) is 0 Å². The predicted octanol–water partition coefficient (Wildman–Crippen LogP) is 3.33. The lowest BCUT2D eigenvalue weighted by atomic mass is 9.79. The van der Waals surface area contributed by atoms with Crippen LogP contribution in [0, 0.1) is 5.92 Å². The number of hydrogen-bond acceptors (Lipinski definition) is 5. The zero-order valence-corrected chi connectivity index (χ0v) is 14.7. The molecule has 4 heterocycles. The molecule has 25 heavy (non-hydrogen) atoms. The molecule has 1 aromatic heterocycles. The number of hydrogen-bond donors (Lipinski definition) is 1. The molecule has 0 radical (unpaired) electrons. The van der Waals surface area contributed by atoms with Gasteiger partial charge < -0.3 is 14.5 Å². The number of fused-ring (bicyclic) bond motifs is 3. The monoisotopic (exact) mass is 361 g/mol. The number of ether oxygens (including phenoxy) is 1. The van der Waals surface area contributed by atoms with E-state index in [1.165, 1.54) is 6.20 Å². The maximum absolute atomic E-state index is 12.5. The molecule has 2 bridgehead atoms. The van der Waals surface area contributed by atoms with Crippen LogP contribution in [-0.4, -0.2) is 41.0 Å². The number of rotatable bonds is 4. The van der Waals surface area contributed by atoms with E-state index in [1.54, 1.807) is 24.3 Å². The van der Waals surface area contributed by atoms with Crippen molar-refractivity contribution in [2.24, 2.45) is 5.92 Å². The van der Waals surface area contributed by atoms with E-state index < -0.39 is 0 Å². The zero-order chi connectivity index (χ0) is 17.4. The van der Waals surface area contributed by atoms with Gasteiger partial charge in [0, 0.05) is 17.1 Å². The molecule has 132 valence electrons. The number of nitrogens with one attached hydrogen (secondary N) is 1. The number of carbonyl (C=O) groups excluding carboxylic acids is 1. The van der Waals surface area contributed by atoms with E-state index in [0.29, 0.717) is 22.7 Å². The molecule has 1 aromatic carbocycles. The molecule has 0 spiro atoms. The summed E-state index contributed by atoms with van der Waals surface area (Å²) in [6.07, 6.45) is 3.67. The molecule has 1 amide bonds. The minimum Gasteiger partial charge on any atom is -0.425 e. The van der Waals surface area contributed by atoms with Gasteiger partial charge in [0.1, 0.15) is 11.9 Å². The van der Waals surface area contributed by atoms with E-state index in [-0.39, 0.29) is 23.8 Å². The number of amides is 1. The van der Waals surface area contributed by atoms with Crippen molar-refractivity contribution in [2.75, 3.05) is 13.1 Å². The summed E-state index contributed by atoms with van der Waals surface area (Å²) >= 11 is 5.84. The second-order valence-corrected chi connectivity index (χ2v) is 7.09. The van der Waals surface area contributed by atoms with Gasteiger partial charge >= 0.3 is 11.9 Å². The van der Waals surface area contributed by atoms with Crippen molar-refractivity contribution in [3.8, 4) is 11.7 Å². The molecule has 2 aromatic rings. The minimum atomic E-state index is -0.295. The molecule has 3 aliphatic rings. The number of piperidine rings is 3. The highest BCUT2D eigenvalue weighted by Gasteiger charge is 2.40. The third-order valence-electron chi connectivity index (χ3n) is 5.19. The Kier molecular flexibility index (Phi) is 4.39. The Balaban J connectivity index is 1.41. The van der Waals surface area contributed by atoms with Crippen molar-refractivity contribution in [1.29, 1.82) is 0 Å². The smallest absolute Gasteiger partial charge is 0.311 e. The lowest BCUT2D eigenvalue weighted by Crippen LogP contribution is -2.62. The lowest BCUT2D eigenvalue weighted by molar-refractivity contribution is 0.0209. The number of benzene rings is 1. The van der Waals surface area contributed by atoms with Crippen LogP contribution in [0.25, 0.3) is 0 Å². The van der Waals surface area contributed by atoms with E-state index in [4.69, 9.17) is 20.8 Å². The van der Waals surface area contributed by atoms with Crippen molar-refractivity contribution in [3.05, 3.63) is 41.4 Å². The first-order valence-electron chi connectivity index (χ1n) is 8.54. The summed E-state index contributed by atoms with van der Waals surface area (Å²) in [5.41, 5.74) is 0. The Morgan fingerprint density at radius 1 is 1.32 bits per heavy atom. The molecule has 6 nitrogen and oxygen atoms in total. The molecule has 1 N–H and O–H groups in total. The van der Waals surface area contributed by atoms with E-state index in [0.717, 1.165) is 25.9 Å². The number of carbonyl (C=O) groups is 1. The first kappa shape index (κ1) is 16.4. The predicted molar refractivity (Wildman–Crippen MR) is 93.0 cm³/mol. The van der Waals surface area contributed by atoms with Crippen molar-refractivity contribution in [1.82, 2.24) is 15.2 Å². The van der Waals surface area contributed by atoms with E-state index in [2.05, 4.69) is 22.1 Å². The Bertz CT molecular complexity index is 751. The van der Waals surface area contributed by atoms with Crippen molar-refractivity contribution in [2.45, 2.75) is 31.8 Å². The van der Waals surface area contributed by atoms with Gasteiger partial charge in [0.05, 0.1) is 0 Å². The molecular formula is C18H20ClN3O3. The van der Waals surface area contributed by atoms with Gasteiger partial charge in [0.2, 0.25) is 0 Å². The van der Waals surface area contributed by atoms with Crippen LogP contribution in [0.1, 0.15) is 30.5 Å². The Morgan fingerprint density at radius 3 is 2.72 bits per heavy atom. The van der Waals surface area contributed by atoms with Crippen LogP contribution < -0.4 is 10.1 Å². The van der Waals surface area contributed by atoms with Gasteiger partial charge in [-0.2, -0.15) is 0 Å². The lowest BCUT2D eigenvalue weighted by Gasteiger charge is -2.49. The summed E-state index contributed by atoms with van der Waals surface area (Å²) in [5.74, 6) is 1.00. The standard InChI is InChI=1S/C18H20ClN3O3/c1-11-16(12-6-8-22(11)9-7-12)21-17(23)18-20-10-15(25-18)24-14-4-2-13(19)3-5-14/h2-5,10-12,16H,6-9H2,1H3,(H,21,23). The SMILES string of the molecule is CC1C(NC(=O)c2ncc(Oc3ccc(Cl)cc3)o2)C2CCN1CC2. The van der Waals surface area contributed by atoms with Crippen LogP contribution in [0.3, 0.4) is 0 Å². The highest BCUT2D eigenvalue weighted by Crippen LogP contribution is 2.32. The number of nitrogens with zero attached hydrogens (tertiary/aromatic N) is 2. The van der Waals surface area contributed by atoms with E-state index >= 15 is 0 Å². The quantitative estimate of drug-likeness (QED) is 0.904. The summed E-state index contributed by atoms with van der Waals surface area (Å²) in [6, 6.07) is 7.36. The molecule has 0 aliphatic carbocycles. The molecule has 7 heteroatoms. The molecule has 2 unspecified atom stereocenters. The van der Waals surface area contributed by atoms with Crippen LogP contribution in [0.2, 0.25) is 5.02 Å². The first-order chi connectivity index (χ1) is 12.1. The van der Waals surface area contributed by atoms with Gasteiger partial charge in [-0.1, -0.05) is 11.6 Å². The fourth-order valence-electron chi connectivity index (χ4n) is 3.79. The van der Waals surface area contributed by atoms with Crippen LogP contribution in [0.4, 0.5) is 0 Å². The Hall–Kier alpha value is -2.05. The highest BCUT2D eigenvalue weighted by molar-refractivity contribution is 6.30. The van der Waals surface area contributed by atoms with Gasteiger partial charge in [-0.25, -0.2) is 4.98 Å². The summed E-state index contributed by atoms with van der Waals surface area (Å²) in [5, 5.41) is 3.71. The summed E-state index contributed by atoms with van der Waals surface area (Å²) < 4.78 is 11.0. The highest BCUT2D eigenvalue weighted by atomic mass is 35.5. The number of aromatic nitrogens is 1. The maximum Gasteiger partial charge on any atom is 0.311 e. The van der Waals surface area contributed by atoms with Gasteiger partial charge in [0.25, 0.3) is 5.89 Å². The molecule has 0 saturated carbocycles. The van der Waals surface area contributed by atoms with Gasteiger partial charge in [-0.05, 0) is 63.0 Å². The van der Waals surface area contributed by atoms with Crippen molar-refractivity contribution >= 4 is 17.5 Å². The molecule has 5 rings (SSSR count). The van der Waals surface area contributed by atoms with Crippen LogP contribution >= 0.6 is 11.6 Å². The van der Waals surface area contributed by atoms with Crippen LogP contribution in [0.15, 0.2) is 34.9 Å². The summed E-state index contributed by atoms with van der Waals surface area (Å²) in [7, 11) is 0. The van der Waals surface area contributed by atoms with Crippen LogP contribution in [0.5, 0.6) is 11.7 Å². The molecule has 2 atom stereocenters. The Labute approximate surface area is 151 Å². The normalized spacial score (nSPS) is 27.9. The topological polar surface area (TPSA) is 67.6 Å². The number of oxazole rings is 1. The van der Waals surface area contributed by atoms with Crippen molar-refractivity contribution < 1.29 is 13.9 Å². The Morgan fingerprint density at radius 2 is 2.04 bits per heavy atom. The second-order valence-electron chi connectivity index (χ2n) is 6.65. The third kappa shape index (κ3) is 3.37. The first-order valence-corrected chi connectivity index (χ1v) is 8.92. The number of halogens is 1. The second kappa shape index (κ2) is 6.69. The molecule has 3 fully saturated rings.